The number of phenols is 1. The van der Waals surface area contributed by atoms with Gasteiger partial charge in [-0.25, -0.2) is 0 Å². The average Bonchev–Trinajstić information content (AvgIpc) is 2.49. The quantitative estimate of drug-likeness (QED) is 0.507. The lowest BCUT2D eigenvalue weighted by atomic mass is 10.1. The van der Waals surface area contributed by atoms with E-state index in [1.807, 2.05) is 0 Å². The van der Waals surface area contributed by atoms with Crippen LogP contribution in [0.4, 0.5) is 0 Å². The fraction of sp³-hybridized carbons (Fsp3) is 0.562. The Bertz CT molecular complexity index is 447. The lowest BCUT2D eigenvalue weighted by Gasteiger charge is -2.08. The number of carbonyl (C=O) groups excluding carboxylic acids is 1. The van der Waals surface area contributed by atoms with Gasteiger partial charge in [-0.15, -0.1) is 0 Å². The highest BCUT2D eigenvalue weighted by Gasteiger charge is 2.11. The normalized spacial score (nSPS) is 9.91. The van der Waals surface area contributed by atoms with Gasteiger partial charge >= 0.3 is 1.43 Å². The molecule has 0 aliphatic carbocycles. The summed E-state index contributed by atoms with van der Waals surface area (Å²) in [6.45, 7) is 1.39. The second-order valence-corrected chi connectivity index (χ2v) is 5.05. The van der Waals surface area contributed by atoms with Crippen molar-refractivity contribution in [3.8, 4) is 11.5 Å². The van der Waals surface area contributed by atoms with Crippen molar-refractivity contribution in [1.82, 2.24) is 5.32 Å². The molecule has 126 valence electrons. The molecule has 0 fully saturated rings. The Morgan fingerprint density at radius 3 is 2.45 bits per heavy atom. The largest absolute Gasteiger partial charge is 1.00 e. The molecule has 6 heteroatoms. The number of nitrogens with one attached hydrogen (secondary N) is 1. The Morgan fingerprint density at radius 1 is 1.23 bits per heavy atom. The molecular weight excluding hydrogens is 304 g/mol. The molecule has 1 rings (SSSR count). The van der Waals surface area contributed by atoms with Crippen LogP contribution in [0.15, 0.2) is 18.2 Å². The molecule has 4 N–H and O–H groups in total. The van der Waals surface area contributed by atoms with Crippen molar-refractivity contribution < 1.29 is 28.5 Å². The summed E-state index contributed by atoms with van der Waals surface area (Å²) < 4.78 is 4.98. The zero-order valence-corrected chi connectivity index (χ0v) is 13.9. The molecule has 0 bridgehead atoms. The Labute approximate surface area is 140 Å². The highest BCUT2D eigenvalue weighted by atomic mass is 35.5. The Kier molecular flexibility index (Phi) is 11.3. The SMILES string of the molecule is COc1ccc(C(=O)NCCCCCCCCN)c(O)c1.[Cl-].[H+]. The van der Waals surface area contributed by atoms with Gasteiger partial charge in [0.25, 0.3) is 5.91 Å². The number of halogens is 1. The van der Waals surface area contributed by atoms with Crippen molar-refractivity contribution in [1.29, 1.82) is 0 Å². The number of hydrogen-bond donors (Lipinski definition) is 3. The lowest BCUT2D eigenvalue weighted by Crippen LogP contribution is -3.00. The van der Waals surface area contributed by atoms with Gasteiger partial charge in [-0.05, 0) is 31.5 Å². The van der Waals surface area contributed by atoms with Gasteiger partial charge < -0.3 is 33.3 Å². The molecule has 1 aromatic carbocycles. The fourth-order valence-electron chi connectivity index (χ4n) is 2.10. The zero-order chi connectivity index (χ0) is 15.5. The van der Waals surface area contributed by atoms with Crippen LogP contribution in [0.1, 0.15) is 50.3 Å². The molecule has 0 saturated carbocycles. The number of carbonyl (C=O) groups is 1. The van der Waals surface area contributed by atoms with Crippen LogP contribution < -0.4 is 28.2 Å². The number of phenolic OH excluding ortho intramolecular Hbond substituents is 1. The van der Waals surface area contributed by atoms with Gasteiger partial charge in [-0.3, -0.25) is 4.79 Å². The van der Waals surface area contributed by atoms with Crippen LogP contribution in [0.2, 0.25) is 0 Å². The number of unbranched alkanes of at least 4 members (excludes halogenated alkanes) is 5. The number of benzene rings is 1. The third-order valence-electron chi connectivity index (χ3n) is 3.37. The first kappa shape index (κ1) is 20.5. The molecule has 0 aliphatic rings. The summed E-state index contributed by atoms with van der Waals surface area (Å²) in [7, 11) is 1.52. The first-order valence-corrected chi connectivity index (χ1v) is 7.54. The topological polar surface area (TPSA) is 84.6 Å². The Morgan fingerprint density at radius 2 is 1.86 bits per heavy atom. The van der Waals surface area contributed by atoms with Crippen molar-refractivity contribution >= 4 is 5.91 Å². The average molecular weight is 331 g/mol. The molecule has 0 unspecified atom stereocenters. The minimum atomic E-state index is -0.252. The van der Waals surface area contributed by atoms with E-state index in [-0.39, 0.29) is 31.1 Å². The summed E-state index contributed by atoms with van der Waals surface area (Å²) in [6.07, 6.45) is 6.69. The van der Waals surface area contributed by atoms with E-state index in [9.17, 15) is 9.90 Å². The minimum absolute atomic E-state index is 0. The van der Waals surface area contributed by atoms with Gasteiger partial charge in [0.15, 0.2) is 0 Å². The van der Waals surface area contributed by atoms with E-state index in [0.717, 1.165) is 25.8 Å². The van der Waals surface area contributed by atoms with Crippen molar-refractivity contribution in [2.45, 2.75) is 38.5 Å². The molecule has 5 nitrogen and oxygen atoms in total. The molecule has 1 aromatic rings. The van der Waals surface area contributed by atoms with E-state index in [4.69, 9.17) is 10.5 Å². The summed E-state index contributed by atoms with van der Waals surface area (Å²) in [5, 5.41) is 12.6. The van der Waals surface area contributed by atoms with Gasteiger partial charge in [0.1, 0.15) is 11.5 Å². The summed E-state index contributed by atoms with van der Waals surface area (Å²) in [6, 6.07) is 4.66. The highest BCUT2D eigenvalue weighted by molar-refractivity contribution is 5.96. The van der Waals surface area contributed by atoms with Crippen LogP contribution in [0, 0.1) is 0 Å². The molecule has 0 heterocycles. The monoisotopic (exact) mass is 330 g/mol. The maximum atomic E-state index is 11.9. The number of hydrogen-bond acceptors (Lipinski definition) is 4. The molecule has 22 heavy (non-hydrogen) atoms. The number of ether oxygens (including phenoxy) is 1. The van der Waals surface area contributed by atoms with Gasteiger partial charge in [-0.2, -0.15) is 0 Å². The van der Waals surface area contributed by atoms with Crippen LogP contribution in [-0.4, -0.2) is 31.2 Å². The summed E-state index contributed by atoms with van der Waals surface area (Å²) in [5.74, 6) is 0.216. The van der Waals surface area contributed by atoms with Crippen molar-refractivity contribution in [2.24, 2.45) is 5.73 Å². The van der Waals surface area contributed by atoms with E-state index >= 15 is 0 Å². The molecule has 0 radical (unpaired) electrons. The summed E-state index contributed by atoms with van der Waals surface area (Å²) >= 11 is 0. The molecule has 1 amide bonds. The van der Waals surface area contributed by atoms with E-state index in [1.165, 1.54) is 32.4 Å². The van der Waals surface area contributed by atoms with Crippen LogP contribution in [0.3, 0.4) is 0 Å². The molecule has 0 aliphatic heterocycles. The zero-order valence-electron chi connectivity index (χ0n) is 14.1. The molecule has 0 spiro atoms. The summed E-state index contributed by atoms with van der Waals surface area (Å²) in [5.41, 5.74) is 5.71. The first-order chi connectivity index (χ1) is 10.2. The van der Waals surface area contributed by atoms with E-state index in [1.54, 1.807) is 12.1 Å². The molecule has 0 aromatic heterocycles. The van der Waals surface area contributed by atoms with Gasteiger partial charge in [0, 0.05) is 12.6 Å². The van der Waals surface area contributed by atoms with Crippen molar-refractivity contribution in [3.05, 3.63) is 23.8 Å². The lowest BCUT2D eigenvalue weighted by molar-refractivity contribution is -0.0000147. The number of aromatic hydroxyl groups is 1. The molecular formula is C16H27ClN2O3. The first-order valence-electron chi connectivity index (χ1n) is 7.54. The van der Waals surface area contributed by atoms with Crippen molar-refractivity contribution in [2.75, 3.05) is 20.2 Å². The van der Waals surface area contributed by atoms with Gasteiger partial charge in [0.05, 0.1) is 12.7 Å². The third kappa shape index (κ3) is 7.52. The number of amides is 1. The predicted octanol–water partition coefficient (Wildman–Crippen LogP) is -0.454. The smallest absolute Gasteiger partial charge is 1.00 e. The van der Waals surface area contributed by atoms with Crippen LogP contribution in [0.5, 0.6) is 11.5 Å². The second kappa shape index (κ2) is 12.1. The fourth-order valence-corrected chi connectivity index (χ4v) is 2.10. The molecule has 0 atom stereocenters. The number of methoxy groups -OCH3 is 1. The third-order valence-corrected chi connectivity index (χ3v) is 3.37. The highest BCUT2D eigenvalue weighted by Crippen LogP contribution is 2.23. The minimum Gasteiger partial charge on any atom is -1.00 e. The number of nitrogens with two attached hydrogens (primary N) is 1. The standard InChI is InChI=1S/C16H26N2O3.ClH/c1-21-13-8-9-14(15(19)12-13)16(20)18-11-7-5-3-2-4-6-10-17;/h8-9,12,19H,2-7,10-11,17H2,1H3,(H,18,20);1H. The van der Waals surface area contributed by atoms with E-state index in [2.05, 4.69) is 5.32 Å². The predicted molar refractivity (Wildman–Crippen MR) is 84.9 cm³/mol. The summed E-state index contributed by atoms with van der Waals surface area (Å²) in [4.78, 5) is 11.9. The van der Waals surface area contributed by atoms with Crippen LogP contribution in [-0.2, 0) is 0 Å². The van der Waals surface area contributed by atoms with Crippen LogP contribution in [0.25, 0.3) is 0 Å². The second-order valence-electron chi connectivity index (χ2n) is 5.05. The van der Waals surface area contributed by atoms with Crippen molar-refractivity contribution in [3.63, 3.8) is 0 Å². The van der Waals surface area contributed by atoms with Gasteiger partial charge in [0.2, 0.25) is 0 Å². The maximum Gasteiger partial charge on any atom is 1.00 e. The maximum absolute atomic E-state index is 11.9. The van der Waals surface area contributed by atoms with E-state index in [0.29, 0.717) is 12.3 Å². The van der Waals surface area contributed by atoms with E-state index < -0.39 is 0 Å². The number of rotatable bonds is 10. The molecule has 0 saturated heterocycles. The Hall–Kier alpha value is -1.46. The Balaban J connectivity index is 0. The van der Waals surface area contributed by atoms with Crippen LogP contribution >= 0.6 is 0 Å². The van der Waals surface area contributed by atoms with Gasteiger partial charge in [-0.1, -0.05) is 25.7 Å².